The Balaban J connectivity index is 2.95. The largest absolute Gasteiger partial charge is 0.496 e. The molecular formula is C16H18F7NO2. The first kappa shape index (κ1) is 22.0. The number of alkyl halides is 7. The van der Waals surface area contributed by atoms with Gasteiger partial charge in [-0.15, -0.1) is 0 Å². The van der Waals surface area contributed by atoms with Crippen LogP contribution in [0.25, 0.3) is 0 Å². The van der Waals surface area contributed by atoms with Gasteiger partial charge in [0.2, 0.25) is 0 Å². The van der Waals surface area contributed by atoms with Gasteiger partial charge in [-0.1, -0.05) is 19.1 Å². The summed E-state index contributed by atoms with van der Waals surface area (Å²) < 4.78 is 94.2. The molecule has 3 nitrogen and oxygen atoms in total. The molecule has 0 saturated carbocycles. The molecule has 1 atom stereocenters. The van der Waals surface area contributed by atoms with Crippen molar-refractivity contribution in [2.24, 2.45) is 0 Å². The fourth-order valence-corrected chi connectivity index (χ4v) is 2.17. The molecular weight excluding hydrogens is 371 g/mol. The van der Waals surface area contributed by atoms with Gasteiger partial charge in [0.05, 0.1) is 7.11 Å². The first-order chi connectivity index (χ1) is 11.8. The summed E-state index contributed by atoms with van der Waals surface area (Å²) in [5, 5.41) is 1.58. The van der Waals surface area contributed by atoms with Crippen LogP contribution in [0.15, 0.2) is 18.2 Å². The van der Waals surface area contributed by atoms with Crippen molar-refractivity contribution in [2.45, 2.75) is 50.8 Å². The zero-order chi connectivity index (χ0) is 20.3. The van der Waals surface area contributed by atoms with Crippen LogP contribution in [-0.4, -0.2) is 37.1 Å². The lowest BCUT2D eigenvalue weighted by atomic mass is 10.0. The summed E-state index contributed by atoms with van der Waals surface area (Å²) in [4.78, 5) is 11.4. The van der Waals surface area contributed by atoms with Crippen LogP contribution in [0.4, 0.5) is 30.7 Å². The number of hydrogen-bond acceptors (Lipinski definition) is 2. The Morgan fingerprint density at radius 2 is 1.73 bits per heavy atom. The molecule has 0 fully saturated rings. The molecule has 1 N–H and O–H groups in total. The maximum Gasteiger partial charge on any atom is 0.460 e. The fourth-order valence-electron chi connectivity index (χ4n) is 2.17. The SMILES string of the molecule is CCC(Cc1ccc(C)c(OC)c1)NC(=O)C(F)(F)C(F)(F)C(F)(F)F. The third kappa shape index (κ3) is 4.39. The Morgan fingerprint density at radius 3 is 2.19 bits per heavy atom. The Kier molecular flexibility index (Phi) is 6.54. The molecule has 0 aromatic heterocycles. The second kappa shape index (κ2) is 7.71. The molecule has 0 bridgehead atoms. The highest BCUT2D eigenvalue weighted by Gasteiger charge is 2.76. The lowest BCUT2D eigenvalue weighted by Crippen LogP contribution is -2.60. The number of halogens is 7. The molecule has 26 heavy (non-hydrogen) atoms. The highest BCUT2D eigenvalue weighted by Crippen LogP contribution is 2.46. The Morgan fingerprint density at radius 1 is 1.15 bits per heavy atom. The molecule has 0 aliphatic rings. The maximum atomic E-state index is 13.4. The number of rotatable bonds is 7. The average molecular weight is 389 g/mol. The summed E-state index contributed by atoms with van der Waals surface area (Å²) in [7, 11) is 1.41. The van der Waals surface area contributed by atoms with Crippen molar-refractivity contribution in [3.05, 3.63) is 29.3 Å². The normalized spacial score (nSPS) is 14.1. The van der Waals surface area contributed by atoms with E-state index in [9.17, 15) is 35.5 Å². The summed E-state index contributed by atoms with van der Waals surface area (Å²) in [6.45, 7) is 3.22. The van der Waals surface area contributed by atoms with Crippen LogP contribution in [0, 0.1) is 6.92 Å². The fraction of sp³-hybridized carbons (Fsp3) is 0.562. The van der Waals surface area contributed by atoms with Crippen molar-refractivity contribution in [3.8, 4) is 5.75 Å². The van der Waals surface area contributed by atoms with Crippen molar-refractivity contribution >= 4 is 5.91 Å². The van der Waals surface area contributed by atoms with Crippen molar-refractivity contribution in [1.82, 2.24) is 5.32 Å². The number of nitrogens with one attached hydrogen (secondary N) is 1. The van der Waals surface area contributed by atoms with Crippen LogP contribution in [0.3, 0.4) is 0 Å². The monoisotopic (exact) mass is 389 g/mol. The van der Waals surface area contributed by atoms with Crippen LogP contribution in [0.1, 0.15) is 24.5 Å². The van der Waals surface area contributed by atoms with E-state index in [0.717, 1.165) is 5.56 Å². The Labute approximate surface area is 145 Å². The minimum atomic E-state index is -6.56. The number of methoxy groups -OCH3 is 1. The minimum absolute atomic E-state index is 0.0373. The van der Waals surface area contributed by atoms with Gasteiger partial charge in [0.1, 0.15) is 5.75 Å². The summed E-state index contributed by atoms with van der Waals surface area (Å²) in [6.07, 6.45) is -6.57. The molecule has 10 heteroatoms. The van der Waals surface area contributed by atoms with E-state index in [1.807, 2.05) is 0 Å². The van der Waals surface area contributed by atoms with Crippen molar-refractivity contribution in [1.29, 1.82) is 0 Å². The first-order valence-corrected chi connectivity index (χ1v) is 7.54. The van der Waals surface area contributed by atoms with Gasteiger partial charge in [0, 0.05) is 6.04 Å². The molecule has 0 aliphatic carbocycles. The second-order valence-corrected chi connectivity index (χ2v) is 5.73. The van der Waals surface area contributed by atoms with Gasteiger partial charge >= 0.3 is 18.0 Å². The number of hydrogen-bond donors (Lipinski definition) is 1. The van der Waals surface area contributed by atoms with E-state index in [1.165, 1.54) is 14.0 Å². The molecule has 0 spiro atoms. The van der Waals surface area contributed by atoms with Crippen LogP contribution >= 0.6 is 0 Å². The predicted octanol–water partition coefficient (Wildman–Crippen LogP) is 4.27. The molecule has 0 aliphatic heterocycles. The zero-order valence-corrected chi connectivity index (χ0v) is 14.2. The third-order valence-corrected chi connectivity index (χ3v) is 3.82. The van der Waals surface area contributed by atoms with Gasteiger partial charge in [0.25, 0.3) is 5.91 Å². The molecule has 1 amide bonds. The lowest BCUT2D eigenvalue weighted by Gasteiger charge is -2.28. The van der Waals surface area contributed by atoms with E-state index in [1.54, 1.807) is 30.4 Å². The average Bonchev–Trinajstić information content (AvgIpc) is 2.54. The summed E-state index contributed by atoms with van der Waals surface area (Å²) >= 11 is 0. The van der Waals surface area contributed by atoms with Crippen LogP contribution < -0.4 is 10.1 Å². The topological polar surface area (TPSA) is 38.3 Å². The highest BCUT2D eigenvalue weighted by molar-refractivity contribution is 5.85. The molecule has 1 aromatic rings. The van der Waals surface area contributed by atoms with E-state index in [0.29, 0.717) is 11.3 Å². The van der Waals surface area contributed by atoms with Crippen LogP contribution in [0.5, 0.6) is 5.75 Å². The second-order valence-electron chi connectivity index (χ2n) is 5.73. The van der Waals surface area contributed by atoms with Gasteiger partial charge < -0.3 is 10.1 Å². The Hall–Kier alpha value is -2.00. The van der Waals surface area contributed by atoms with E-state index in [4.69, 9.17) is 4.74 Å². The smallest absolute Gasteiger partial charge is 0.460 e. The molecule has 1 aromatic carbocycles. The third-order valence-electron chi connectivity index (χ3n) is 3.82. The quantitative estimate of drug-likeness (QED) is 0.708. The van der Waals surface area contributed by atoms with Gasteiger partial charge in [-0.25, -0.2) is 0 Å². The van der Waals surface area contributed by atoms with Crippen LogP contribution in [0.2, 0.25) is 0 Å². The van der Waals surface area contributed by atoms with E-state index < -0.39 is 30.0 Å². The maximum absolute atomic E-state index is 13.4. The van der Waals surface area contributed by atoms with E-state index in [2.05, 4.69) is 0 Å². The molecule has 1 unspecified atom stereocenters. The van der Waals surface area contributed by atoms with Crippen molar-refractivity contribution in [2.75, 3.05) is 7.11 Å². The number of carbonyl (C=O) groups is 1. The molecule has 0 saturated heterocycles. The van der Waals surface area contributed by atoms with Crippen LogP contribution in [-0.2, 0) is 11.2 Å². The number of carbonyl (C=O) groups excluding carboxylic acids is 1. The van der Waals surface area contributed by atoms with Gasteiger partial charge in [-0.05, 0) is 37.0 Å². The lowest BCUT2D eigenvalue weighted by molar-refractivity contribution is -0.344. The zero-order valence-electron chi connectivity index (χ0n) is 14.2. The highest BCUT2D eigenvalue weighted by atomic mass is 19.4. The Bertz CT molecular complexity index is 644. The first-order valence-electron chi connectivity index (χ1n) is 7.54. The van der Waals surface area contributed by atoms with Gasteiger partial charge in [-0.3, -0.25) is 4.79 Å². The predicted molar refractivity (Wildman–Crippen MR) is 79.6 cm³/mol. The van der Waals surface area contributed by atoms with E-state index in [-0.39, 0.29) is 12.8 Å². The van der Waals surface area contributed by atoms with Gasteiger partial charge in [0.15, 0.2) is 0 Å². The number of aryl methyl sites for hydroxylation is 1. The minimum Gasteiger partial charge on any atom is -0.496 e. The van der Waals surface area contributed by atoms with Gasteiger partial charge in [-0.2, -0.15) is 30.7 Å². The van der Waals surface area contributed by atoms with Crippen molar-refractivity contribution in [3.63, 3.8) is 0 Å². The molecule has 148 valence electrons. The summed E-state index contributed by atoms with van der Waals surface area (Å²) in [6, 6.07) is 3.77. The van der Waals surface area contributed by atoms with E-state index >= 15 is 0 Å². The number of amides is 1. The van der Waals surface area contributed by atoms with Crippen molar-refractivity contribution < 1.29 is 40.3 Å². The standard InChI is InChI=1S/C16H18F7NO2/c1-4-11(7-10-6-5-9(2)12(8-10)26-3)24-13(25)14(17,18)15(19,20)16(21,22)23/h5-6,8,11H,4,7H2,1-3H3,(H,24,25). The summed E-state index contributed by atoms with van der Waals surface area (Å²) in [5.41, 5.74) is 1.31. The molecule has 1 rings (SSSR count). The number of benzene rings is 1. The number of ether oxygens (including phenoxy) is 1. The summed E-state index contributed by atoms with van der Waals surface area (Å²) in [5.74, 6) is -14.6. The molecule has 0 radical (unpaired) electrons. The molecule has 0 heterocycles.